The molecule has 1 fully saturated rings. The van der Waals surface area contributed by atoms with Gasteiger partial charge in [0.1, 0.15) is 0 Å². The molecule has 2 nitrogen and oxygen atoms in total. The molecule has 0 spiro atoms. The number of hydrogen-bond donors (Lipinski definition) is 1. The standard InChI is InChI=1S/C9H20N2/c1-9(4-5-11(2)3)6-8(10)7-9/h8H,4-7,10H2,1-3H3. The van der Waals surface area contributed by atoms with E-state index in [0.717, 1.165) is 0 Å². The van der Waals surface area contributed by atoms with Crippen LogP contribution in [0.4, 0.5) is 0 Å². The molecule has 0 saturated heterocycles. The zero-order chi connectivity index (χ0) is 8.48. The van der Waals surface area contributed by atoms with Gasteiger partial charge in [-0.05, 0) is 45.3 Å². The highest BCUT2D eigenvalue weighted by molar-refractivity contribution is 4.92. The Hall–Kier alpha value is -0.0800. The summed E-state index contributed by atoms with van der Waals surface area (Å²) in [5.41, 5.74) is 6.31. The highest BCUT2D eigenvalue weighted by Gasteiger charge is 2.37. The van der Waals surface area contributed by atoms with Gasteiger partial charge in [-0.25, -0.2) is 0 Å². The van der Waals surface area contributed by atoms with Gasteiger partial charge >= 0.3 is 0 Å². The van der Waals surface area contributed by atoms with Crippen LogP contribution >= 0.6 is 0 Å². The molecule has 0 aliphatic heterocycles. The zero-order valence-corrected chi connectivity index (χ0v) is 7.93. The van der Waals surface area contributed by atoms with Crippen LogP contribution in [0.2, 0.25) is 0 Å². The number of nitrogens with zero attached hydrogens (tertiary/aromatic N) is 1. The number of rotatable bonds is 3. The molecule has 1 rings (SSSR count). The second-order valence-corrected chi connectivity index (χ2v) is 4.53. The maximum Gasteiger partial charge on any atom is 0.00492 e. The van der Waals surface area contributed by atoms with Crippen LogP contribution in [0.1, 0.15) is 26.2 Å². The molecule has 2 heteroatoms. The van der Waals surface area contributed by atoms with Gasteiger partial charge in [0, 0.05) is 6.04 Å². The predicted molar refractivity (Wildman–Crippen MR) is 48.5 cm³/mol. The summed E-state index contributed by atoms with van der Waals surface area (Å²) in [5, 5.41) is 0. The summed E-state index contributed by atoms with van der Waals surface area (Å²) in [6, 6.07) is 0.488. The fraction of sp³-hybridized carbons (Fsp3) is 1.00. The van der Waals surface area contributed by atoms with E-state index < -0.39 is 0 Å². The lowest BCUT2D eigenvalue weighted by atomic mass is 9.65. The van der Waals surface area contributed by atoms with Crippen LogP contribution < -0.4 is 5.73 Å². The SMILES string of the molecule is CN(C)CCC1(C)CC(N)C1. The lowest BCUT2D eigenvalue weighted by molar-refractivity contribution is 0.104. The lowest BCUT2D eigenvalue weighted by Gasteiger charge is -2.44. The Balaban J connectivity index is 2.16. The molecule has 0 aromatic carbocycles. The molecule has 1 saturated carbocycles. The van der Waals surface area contributed by atoms with Crippen LogP contribution in [0.5, 0.6) is 0 Å². The van der Waals surface area contributed by atoms with Gasteiger partial charge in [-0.15, -0.1) is 0 Å². The average molecular weight is 156 g/mol. The third-order valence-corrected chi connectivity index (χ3v) is 2.67. The second kappa shape index (κ2) is 3.11. The van der Waals surface area contributed by atoms with Crippen molar-refractivity contribution in [2.75, 3.05) is 20.6 Å². The van der Waals surface area contributed by atoms with E-state index in [0.29, 0.717) is 11.5 Å². The summed E-state index contributed by atoms with van der Waals surface area (Å²) in [7, 11) is 4.25. The van der Waals surface area contributed by atoms with E-state index in [1.54, 1.807) is 0 Å². The summed E-state index contributed by atoms with van der Waals surface area (Å²) >= 11 is 0. The fourth-order valence-electron chi connectivity index (χ4n) is 1.90. The van der Waals surface area contributed by atoms with Crippen molar-refractivity contribution >= 4 is 0 Å². The van der Waals surface area contributed by atoms with E-state index in [1.807, 2.05) is 0 Å². The Morgan fingerprint density at radius 3 is 2.36 bits per heavy atom. The van der Waals surface area contributed by atoms with Crippen LogP contribution in [0.3, 0.4) is 0 Å². The van der Waals surface area contributed by atoms with Crippen molar-refractivity contribution in [3.8, 4) is 0 Å². The molecule has 1 aliphatic rings. The average Bonchev–Trinajstić information content (AvgIpc) is 1.81. The minimum absolute atomic E-state index is 0.488. The van der Waals surface area contributed by atoms with Gasteiger partial charge in [-0.1, -0.05) is 6.92 Å². The molecule has 1 aliphatic carbocycles. The van der Waals surface area contributed by atoms with Crippen molar-refractivity contribution in [3.63, 3.8) is 0 Å². The van der Waals surface area contributed by atoms with Crippen molar-refractivity contribution in [3.05, 3.63) is 0 Å². The van der Waals surface area contributed by atoms with Crippen LogP contribution in [0.25, 0.3) is 0 Å². The summed E-state index contributed by atoms with van der Waals surface area (Å²) in [5.74, 6) is 0. The molecule has 0 unspecified atom stereocenters. The lowest BCUT2D eigenvalue weighted by Crippen LogP contribution is -2.45. The van der Waals surface area contributed by atoms with Gasteiger partial charge in [0.15, 0.2) is 0 Å². The number of hydrogen-bond acceptors (Lipinski definition) is 2. The first-order chi connectivity index (χ1) is 5.02. The molecule has 11 heavy (non-hydrogen) atoms. The van der Waals surface area contributed by atoms with E-state index in [2.05, 4.69) is 25.9 Å². The Kier molecular flexibility index (Phi) is 2.55. The molecule has 0 radical (unpaired) electrons. The third-order valence-electron chi connectivity index (χ3n) is 2.67. The first-order valence-corrected chi connectivity index (χ1v) is 4.42. The second-order valence-electron chi connectivity index (χ2n) is 4.53. The monoisotopic (exact) mass is 156 g/mol. The largest absolute Gasteiger partial charge is 0.328 e. The molecular weight excluding hydrogens is 136 g/mol. The highest BCUT2D eigenvalue weighted by atomic mass is 15.0. The van der Waals surface area contributed by atoms with Gasteiger partial charge in [0.05, 0.1) is 0 Å². The van der Waals surface area contributed by atoms with Gasteiger partial charge in [0.2, 0.25) is 0 Å². The zero-order valence-electron chi connectivity index (χ0n) is 7.93. The fourth-order valence-corrected chi connectivity index (χ4v) is 1.90. The topological polar surface area (TPSA) is 29.3 Å². The molecule has 0 atom stereocenters. The summed E-state index contributed by atoms with van der Waals surface area (Å²) in [6.45, 7) is 3.54. The maximum atomic E-state index is 5.75. The van der Waals surface area contributed by atoms with Crippen molar-refractivity contribution < 1.29 is 0 Å². The van der Waals surface area contributed by atoms with Gasteiger partial charge < -0.3 is 10.6 Å². The Morgan fingerprint density at radius 1 is 1.45 bits per heavy atom. The molecule has 2 N–H and O–H groups in total. The summed E-state index contributed by atoms with van der Waals surface area (Å²) in [6.07, 6.45) is 3.75. The minimum Gasteiger partial charge on any atom is -0.328 e. The molecular formula is C9H20N2. The maximum absolute atomic E-state index is 5.75. The van der Waals surface area contributed by atoms with E-state index in [9.17, 15) is 0 Å². The molecule has 0 bridgehead atoms. The molecule has 66 valence electrons. The van der Waals surface area contributed by atoms with Crippen molar-refractivity contribution in [2.24, 2.45) is 11.1 Å². The van der Waals surface area contributed by atoms with E-state index >= 15 is 0 Å². The number of nitrogens with two attached hydrogens (primary N) is 1. The molecule has 0 amide bonds. The quantitative estimate of drug-likeness (QED) is 0.662. The Bertz CT molecular complexity index is 126. The highest BCUT2D eigenvalue weighted by Crippen LogP contribution is 2.42. The minimum atomic E-state index is 0.488. The van der Waals surface area contributed by atoms with Gasteiger partial charge in [-0.3, -0.25) is 0 Å². The summed E-state index contributed by atoms with van der Waals surface area (Å²) in [4.78, 5) is 2.25. The molecule has 0 aromatic heterocycles. The van der Waals surface area contributed by atoms with Crippen molar-refractivity contribution in [1.29, 1.82) is 0 Å². The Labute approximate surface area is 69.8 Å². The van der Waals surface area contributed by atoms with Gasteiger partial charge in [-0.2, -0.15) is 0 Å². The van der Waals surface area contributed by atoms with Crippen LogP contribution in [-0.2, 0) is 0 Å². The van der Waals surface area contributed by atoms with E-state index in [1.165, 1.54) is 25.8 Å². The Morgan fingerprint density at radius 2 is 2.00 bits per heavy atom. The van der Waals surface area contributed by atoms with Crippen LogP contribution in [-0.4, -0.2) is 31.6 Å². The molecule has 0 aromatic rings. The predicted octanol–water partition coefficient (Wildman–Crippen LogP) is 1.07. The van der Waals surface area contributed by atoms with E-state index in [-0.39, 0.29) is 0 Å². The first-order valence-electron chi connectivity index (χ1n) is 4.42. The third kappa shape index (κ3) is 2.46. The first kappa shape index (κ1) is 9.01. The van der Waals surface area contributed by atoms with E-state index in [4.69, 9.17) is 5.73 Å². The molecule has 0 heterocycles. The van der Waals surface area contributed by atoms with Crippen LogP contribution in [0.15, 0.2) is 0 Å². The van der Waals surface area contributed by atoms with Crippen LogP contribution in [0, 0.1) is 5.41 Å². The van der Waals surface area contributed by atoms with Gasteiger partial charge in [0.25, 0.3) is 0 Å². The normalized spacial score (nSPS) is 37.4. The summed E-state index contributed by atoms with van der Waals surface area (Å²) < 4.78 is 0. The van der Waals surface area contributed by atoms with Crippen molar-refractivity contribution in [1.82, 2.24) is 4.90 Å². The van der Waals surface area contributed by atoms with Crippen molar-refractivity contribution in [2.45, 2.75) is 32.2 Å². The smallest absolute Gasteiger partial charge is 0.00492 e.